The van der Waals surface area contributed by atoms with Gasteiger partial charge in [-0.15, -0.1) is 0 Å². The van der Waals surface area contributed by atoms with Crippen molar-refractivity contribution < 1.29 is 4.79 Å². The molecule has 0 fully saturated rings. The highest BCUT2D eigenvalue weighted by Crippen LogP contribution is 2.23. The second kappa shape index (κ2) is 5.81. The van der Waals surface area contributed by atoms with Gasteiger partial charge in [0, 0.05) is 42.0 Å². The van der Waals surface area contributed by atoms with Crippen LogP contribution in [-0.4, -0.2) is 20.7 Å². The number of nitrogens with zero attached hydrogens (tertiary/aromatic N) is 3. The number of carbonyl (C=O) groups excluding carboxylic acids is 1. The third-order valence-electron chi connectivity index (χ3n) is 4.11. The number of benzene rings is 1. The van der Waals surface area contributed by atoms with Crippen molar-refractivity contribution >= 4 is 22.6 Å². The molecule has 1 aromatic carbocycles. The average Bonchev–Trinajstić information content (AvgIpc) is 2.81. The maximum Gasteiger partial charge on any atom is 0.257 e. The fraction of sp³-hybridized carbons (Fsp3) is 0.235. The first-order valence-corrected chi connectivity index (χ1v) is 7.41. The number of carbonyl (C=O) groups is 1. The number of aromatic nitrogens is 3. The van der Waals surface area contributed by atoms with Gasteiger partial charge in [0.05, 0.1) is 5.52 Å². The SMILES string of the molecule is Cc1ccc(C(=O)Nc2nn(C)c(C)c2CN)c2cccnc12. The summed E-state index contributed by atoms with van der Waals surface area (Å²) >= 11 is 0. The van der Waals surface area contributed by atoms with Gasteiger partial charge >= 0.3 is 0 Å². The van der Waals surface area contributed by atoms with E-state index in [1.165, 1.54) is 0 Å². The van der Waals surface area contributed by atoms with Crippen molar-refractivity contribution in [2.45, 2.75) is 20.4 Å². The van der Waals surface area contributed by atoms with Crippen LogP contribution in [0.1, 0.15) is 27.2 Å². The van der Waals surface area contributed by atoms with Crippen LogP contribution in [0.5, 0.6) is 0 Å². The van der Waals surface area contributed by atoms with Gasteiger partial charge in [0.1, 0.15) is 0 Å². The number of anilines is 1. The second-order valence-corrected chi connectivity index (χ2v) is 5.52. The van der Waals surface area contributed by atoms with Crippen molar-refractivity contribution in [2.75, 3.05) is 5.32 Å². The Balaban J connectivity index is 2.02. The molecule has 6 heteroatoms. The number of pyridine rings is 1. The Bertz CT molecular complexity index is 897. The van der Waals surface area contributed by atoms with Crippen LogP contribution in [0.3, 0.4) is 0 Å². The van der Waals surface area contributed by atoms with E-state index in [0.717, 1.165) is 27.7 Å². The van der Waals surface area contributed by atoms with Crippen LogP contribution in [0.15, 0.2) is 30.5 Å². The number of nitrogens with one attached hydrogen (secondary N) is 1. The van der Waals surface area contributed by atoms with Crippen LogP contribution in [0.25, 0.3) is 10.9 Å². The molecule has 1 amide bonds. The number of nitrogens with two attached hydrogens (primary N) is 1. The average molecular weight is 309 g/mol. The maximum absolute atomic E-state index is 12.7. The number of hydrogen-bond donors (Lipinski definition) is 2. The minimum absolute atomic E-state index is 0.212. The molecule has 0 saturated heterocycles. The summed E-state index contributed by atoms with van der Waals surface area (Å²) in [5.41, 5.74) is 10.0. The molecular formula is C17H19N5O. The Morgan fingerprint density at radius 1 is 1.30 bits per heavy atom. The fourth-order valence-corrected chi connectivity index (χ4v) is 2.68. The van der Waals surface area contributed by atoms with E-state index in [2.05, 4.69) is 15.4 Å². The minimum Gasteiger partial charge on any atom is -0.326 e. The van der Waals surface area contributed by atoms with Crippen LogP contribution in [0.4, 0.5) is 5.82 Å². The monoisotopic (exact) mass is 309 g/mol. The molecule has 6 nitrogen and oxygen atoms in total. The van der Waals surface area contributed by atoms with Crippen molar-refractivity contribution in [1.82, 2.24) is 14.8 Å². The van der Waals surface area contributed by atoms with Crippen molar-refractivity contribution in [3.63, 3.8) is 0 Å². The summed E-state index contributed by atoms with van der Waals surface area (Å²) < 4.78 is 1.71. The first-order chi connectivity index (χ1) is 11.0. The van der Waals surface area contributed by atoms with E-state index in [4.69, 9.17) is 5.73 Å². The Labute approximate surface area is 134 Å². The molecular weight excluding hydrogens is 290 g/mol. The van der Waals surface area contributed by atoms with E-state index in [9.17, 15) is 4.79 Å². The standard InChI is InChI=1S/C17H19N5O/c1-10-6-7-13(12-5-4-8-19-15(10)12)17(23)20-16-14(9-18)11(2)22(3)21-16/h4-8H,9,18H2,1-3H3,(H,20,21,23). The molecule has 0 aliphatic carbocycles. The van der Waals surface area contributed by atoms with Gasteiger partial charge in [-0.1, -0.05) is 12.1 Å². The Morgan fingerprint density at radius 3 is 2.83 bits per heavy atom. The number of rotatable bonds is 3. The first kappa shape index (κ1) is 15.2. The Hall–Kier alpha value is -2.73. The third-order valence-corrected chi connectivity index (χ3v) is 4.11. The molecule has 0 bridgehead atoms. The lowest BCUT2D eigenvalue weighted by atomic mass is 10.0. The molecule has 3 aromatic rings. The van der Waals surface area contributed by atoms with Crippen LogP contribution >= 0.6 is 0 Å². The van der Waals surface area contributed by atoms with Gasteiger partial charge in [-0.05, 0) is 31.5 Å². The van der Waals surface area contributed by atoms with E-state index < -0.39 is 0 Å². The smallest absolute Gasteiger partial charge is 0.257 e. The lowest BCUT2D eigenvalue weighted by Crippen LogP contribution is -2.15. The highest BCUT2D eigenvalue weighted by molar-refractivity contribution is 6.12. The summed E-state index contributed by atoms with van der Waals surface area (Å²) in [6.45, 7) is 4.23. The van der Waals surface area contributed by atoms with Gasteiger partial charge in [0.25, 0.3) is 5.91 Å². The molecule has 0 unspecified atom stereocenters. The van der Waals surface area contributed by atoms with Gasteiger partial charge in [-0.3, -0.25) is 14.5 Å². The molecule has 23 heavy (non-hydrogen) atoms. The largest absolute Gasteiger partial charge is 0.326 e. The highest BCUT2D eigenvalue weighted by atomic mass is 16.1. The molecule has 0 aliphatic rings. The van der Waals surface area contributed by atoms with Crippen molar-refractivity contribution in [1.29, 1.82) is 0 Å². The van der Waals surface area contributed by atoms with Crippen LogP contribution in [0.2, 0.25) is 0 Å². The predicted octanol–water partition coefficient (Wildman–Crippen LogP) is 2.30. The molecule has 0 saturated carbocycles. The van der Waals surface area contributed by atoms with E-state index in [1.807, 2.05) is 45.2 Å². The normalized spacial score (nSPS) is 11.0. The van der Waals surface area contributed by atoms with Gasteiger partial charge in [0.15, 0.2) is 5.82 Å². The summed E-state index contributed by atoms with van der Waals surface area (Å²) in [5.74, 6) is 0.297. The van der Waals surface area contributed by atoms with Crippen molar-refractivity contribution in [3.8, 4) is 0 Å². The Morgan fingerprint density at radius 2 is 2.09 bits per heavy atom. The van der Waals surface area contributed by atoms with E-state index in [0.29, 0.717) is 17.9 Å². The number of fused-ring (bicyclic) bond motifs is 1. The minimum atomic E-state index is -0.212. The lowest BCUT2D eigenvalue weighted by molar-refractivity contribution is 0.102. The second-order valence-electron chi connectivity index (χ2n) is 5.52. The van der Waals surface area contributed by atoms with Crippen LogP contribution < -0.4 is 11.1 Å². The predicted molar refractivity (Wildman–Crippen MR) is 90.3 cm³/mol. The van der Waals surface area contributed by atoms with Gasteiger partial charge in [-0.2, -0.15) is 5.10 Å². The zero-order valence-electron chi connectivity index (χ0n) is 13.4. The third kappa shape index (κ3) is 2.57. The molecule has 0 radical (unpaired) electrons. The molecule has 3 N–H and O–H groups in total. The maximum atomic E-state index is 12.7. The summed E-state index contributed by atoms with van der Waals surface area (Å²) in [5, 5.41) is 8.03. The fourth-order valence-electron chi connectivity index (χ4n) is 2.68. The van der Waals surface area contributed by atoms with Gasteiger partial charge < -0.3 is 11.1 Å². The van der Waals surface area contributed by atoms with Crippen molar-refractivity contribution in [2.24, 2.45) is 12.8 Å². The van der Waals surface area contributed by atoms with Gasteiger partial charge in [0.2, 0.25) is 0 Å². The summed E-state index contributed by atoms with van der Waals surface area (Å²) in [6, 6.07) is 7.44. The van der Waals surface area contributed by atoms with Crippen LogP contribution in [0, 0.1) is 13.8 Å². The van der Waals surface area contributed by atoms with Crippen molar-refractivity contribution in [3.05, 3.63) is 52.8 Å². The molecule has 0 spiro atoms. The molecule has 2 aromatic heterocycles. The van der Waals surface area contributed by atoms with E-state index in [-0.39, 0.29) is 5.91 Å². The van der Waals surface area contributed by atoms with E-state index >= 15 is 0 Å². The molecule has 118 valence electrons. The number of hydrogen-bond acceptors (Lipinski definition) is 4. The zero-order chi connectivity index (χ0) is 16.6. The highest BCUT2D eigenvalue weighted by Gasteiger charge is 2.17. The summed E-state index contributed by atoms with van der Waals surface area (Å²) in [6.07, 6.45) is 1.73. The molecule has 3 rings (SSSR count). The summed E-state index contributed by atoms with van der Waals surface area (Å²) in [7, 11) is 1.83. The number of amides is 1. The summed E-state index contributed by atoms with van der Waals surface area (Å²) in [4.78, 5) is 17.1. The molecule has 0 atom stereocenters. The molecule has 2 heterocycles. The topological polar surface area (TPSA) is 85.8 Å². The lowest BCUT2D eigenvalue weighted by Gasteiger charge is -2.09. The van der Waals surface area contributed by atoms with Crippen LogP contribution in [-0.2, 0) is 13.6 Å². The van der Waals surface area contributed by atoms with E-state index in [1.54, 1.807) is 10.9 Å². The molecule has 0 aliphatic heterocycles. The zero-order valence-corrected chi connectivity index (χ0v) is 13.4. The first-order valence-electron chi connectivity index (χ1n) is 7.41. The van der Waals surface area contributed by atoms with Gasteiger partial charge in [-0.25, -0.2) is 0 Å². The number of aryl methyl sites for hydroxylation is 2. The Kier molecular flexibility index (Phi) is 3.83. The quantitative estimate of drug-likeness (QED) is 0.777.